The van der Waals surface area contributed by atoms with Crippen LogP contribution in [-0.4, -0.2) is 27.6 Å². The largest absolute Gasteiger partial charge is 0.462 e. The maximum Gasteiger partial charge on any atom is 0.305 e. The second-order valence-electron chi connectivity index (χ2n) is 10.8. The molecule has 0 unspecified atom stereocenters. The molecular weight excluding hydrogens is 426 g/mol. The number of hydrogen-bond donors (Lipinski definition) is 1. The van der Waals surface area contributed by atoms with Crippen molar-refractivity contribution in [3.05, 3.63) is 52.9 Å². The number of esters is 1. The molecule has 0 saturated heterocycles. The van der Waals surface area contributed by atoms with Gasteiger partial charge in [-0.25, -0.2) is 4.68 Å². The van der Waals surface area contributed by atoms with Gasteiger partial charge in [0.1, 0.15) is 6.10 Å². The lowest BCUT2D eigenvalue weighted by molar-refractivity contribution is -0.150. The molecule has 4 rings (SSSR count). The molecule has 0 bridgehead atoms. The number of carbonyl (C=O) groups excluding carboxylic acids is 2. The number of rotatable bonds is 6. The minimum Gasteiger partial charge on any atom is -0.462 e. The number of aryl methyl sites for hydroxylation is 1. The number of benzene rings is 1. The van der Waals surface area contributed by atoms with Crippen LogP contribution < -0.4 is 5.73 Å². The summed E-state index contributed by atoms with van der Waals surface area (Å²) in [4.78, 5) is 24.5. The standard InChI is InChI=1S/C28H37N3O3/c1-6-26(33)34-22-10-7-19(8-11-22)13-20-14-21(9-12-23(20)17(2)29)31-24-15-28(4,5)16-25(32)27(24)18(3)30-31/h9,12,14,19,22H,2,6-8,10-11,13,15-16,29H2,1,3-5H3. The first-order chi connectivity index (χ1) is 16.1. The Morgan fingerprint density at radius 3 is 2.59 bits per heavy atom. The highest BCUT2D eigenvalue weighted by atomic mass is 16.5. The van der Waals surface area contributed by atoms with Crippen molar-refractivity contribution < 1.29 is 14.3 Å². The number of fused-ring (bicyclic) bond motifs is 1. The van der Waals surface area contributed by atoms with Crippen molar-refractivity contribution in [3.63, 3.8) is 0 Å². The van der Waals surface area contributed by atoms with Gasteiger partial charge in [0.15, 0.2) is 5.78 Å². The smallest absolute Gasteiger partial charge is 0.305 e. The molecule has 1 aromatic carbocycles. The molecule has 2 aliphatic carbocycles. The van der Waals surface area contributed by atoms with Gasteiger partial charge in [-0.3, -0.25) is 9.59 Å². The molecule has 1 heterocycles. The molecule has 182 valence electrons. The molecular formula is C28H37N3O3. The third kappa shape index (κ3) is 4.96. The van der Waals surface area contributed by atoms with Crippen molar-refractivity contribution in [1.82, 2.24) is 9.78 Å². The number of ether oxygens (including phenoxy) is 1. The fraction of sp³-hybridized carbons (Fsp3) is 0.536. The summed E-state index contributed by atoms with van der Waals surface area (Å²) in [5.41, 5.74) is 12.3. The number of aromatic nitrogens is 2. The predicted molar refractivity (Wildman–Crippen MR) is 134 cm³/mol. The molecule has 6 nitrogen and oxygen atoms in total. The third-order valence-corrected chi connectivity index (χ3v) is 7.29. The summed E-state index contributed by atoms with van der Waals surface area (Å²) >= 11 is 0. The summed E-state index contributed by atoms with van der Waals surface area (Å²) in [5.74, 6) is 0.568. The van der Waals surface area contributed by atoms with Gasteiger partial charge in [-0.15, -0.1) is 0 Å². The van der Waals surface area contributed by atoms with Crippen molar-refractivity contribution in [2.45, 2.75) is 85.2 Å². The van der Waals surface area contributed by atoms with Crippen LogP contribution in [0.3, 0.4) is 0 Å². The van der Waals surface area contributed by atoms with Crippen LogP contribution in [0.4, 0.5) is 0 Å². The second-order valence-corrected chi connectivity index (χ2v) is 10.8. The van der Waals surface area contributed by atoms with Gasteiger partial charge in [0.2, 0.25) is 0 Å². The summed E-state index contributed by atoms with van der Waals surface area (Å²) in [6.45, 7) is 12.0. The third-order valence-electron chi connectivity index (χ3n) is 7.29. The van der Waals surface area contributed by atoms with E-state index in [-0.39, 0.29) is 23.3 Å². The number of carbonyl (C=O) groups is 2. The first-order valence-corrected chi connectivity index (χ1v) is 12.5. The van der Waals surface area contributed by atoms with Crippen LogP contribution in [0.15, 0.2) is 24.8 Å². The van der Waals surface area contributed by atoms with Crippen LogP contribution in [0, 0.1) is 18.3 Å². The Labute approximate surface area is 202 Å². The van der Waals surface area contributed by atoms with Gasteiger partial charge in [0, 0.05) is 24.1 Å². The summed E-state index contributed by atoms with van der Waals surface area (Å²) in [5, 5.41) is 4.78. The van der Waals surface area contributed by atoms with E-state index < -0.39 is 0 Å². The van der Waals surface area contributed by atoms with E-state index in [2.05, 4.69) is 26.5 Å². The Hall–Kier alpha value is -2.89. The molecule has 1 fully saturated rings. The zero-order valence-electron chi connectivity index (χ0n) is 20.9. The lowest BCUT2D eigenvalue weighted by Crippen LogP contribution is -2.28. The SMILES string of the molecule is C=C(N)c1ccc(-n2nc(C)c3c2CC(C)(C)CC3=O)cc1CC1CCC(OC(=O)CC)CC1. The Bertz CT molecular complexity index is 1120. The molecule has 2 aromatic rings. The van der Waals surface area contributed by atoms with Crippen LogP contribution >= 0.6 is 0 Å². The van der Waals surface area contributed by atoms with Gasteiger partial charge in [-0.2, -0.15) is 5.10 Å². The molecule has 0 aliphatic heterocycles. The van der Waals surface area contributed by atoms with E-state index in [1.54, 1.807) is 0 Å². The predicted octanol–water partition coefficient (Wildman–Crippen LogP) is 5.32. The first kappa shape index (κ1) is 24.2. The van der Waals surface area contributed by atoms with Gasteiger partial charge in [-0.05, 0) is 74.5 Å². The van der Waals surface area contributed by atoms with E-state index in [4.69, 9.17) is 15.6 Å². The van der Waals surface area contributed by atoms with Crippen LogP contribution in [0.25, 0.3) is 11.4 Å². The quantitative estimate of drug-likeness (QED) is 0.586. The van der Waals surface area contributed by atoms with Crippen molar-refractivity contribution in [1.29, 1.82) is 0 Å². The van der Waals surface area contributed by atoms with Crippen molar-refractivity contribution in [2.75, 3.05) is 0 Å². The molecule has 1 aromatic heterocycles. The maximum absolute atomic E-state index is 12.8. The van der Waals surface area contributed by atoms with Gasteiger partial charge in [-0.1, -0.05) is 33.4 Å². The Kier molecular flexibility index (Phi) is 6.70. The minimum atomic E-state index is -0.114. The van der Waals surface area contributed by atoms with E-state index >= 15 is 0 Å². The van der Waals surface area contributed by atoms with Gasteiger partial charge >= 0.3 is 5.97 Å². The fourth-order valence-corrected chi connectivity index (χ4v) is 5.58. The van der Waals surface area contributed by atoms with Gasteiger partial charge in [0.05, 0.1) is 22.6 Å². The summed E-state index contributed by atoms with van der Waals surface area (Å²) in [6, 6.07) is 6.22. The first-order valence-electron chi connectivity index (χ1n) is 12.5. The average Bonchev–Trinajstić information content (AvgIpc) is 3.09. The van der Waals surface area contributed by atoms with Crippen molar-refractivity contribution >= 4 is 17.4 Å². The van der Waals surface area contributed by atoms with E-state index in [1.165, 1.54) is 0 Å². The Morgan fingerprint density at radius 1 is 1.24 bits per heavy atom. The molecule has 0 radical (unpaired) electrons. The fourth-order valence-electron chi connectivity index (χ4n) is 5.58. The van der Waals surface area contributed by atoms with E-state index in [1.807, 2.05) is 30.7 Å². The second kappa shape index (κ2) is 9.40. The molecule has 0 atom stereocenters. The molecule has 0 spiro atoms. The zero-order valence-corrected chi connectivity index (χ0v) is 20.9. The topological polar surface area (TPSA) is 87.2 Å². The average molecular weight is 464 g/mol. The Morgan fingerprint density at radius 2 is 1.94 bits per heavy atom. The minimum absolute atomic E-state index is 0.0402. The highest BCUT2D eigenvalue weighted by Crippen LogP contribution is 2.38. The molecule has 1 saturated carbocycles. The van der Waals surface area contributed by atoms with Crippen molar-refractivity contribution in [2.24, 2.45) is 17.1 Å². The number of ketones is 1. The summed E-state index contributed by atoms with van der Waals surface area (Å²) < 4.78 is 7.50. The lowest BCUT2D eigenvalue weighted by Gasteiger charge is -2.30. The number of hydrogen-bond acceptors (Lipinski definition) is 5. The number of Topliss-reactive ketones (excluding diaryl/α,β-unsaturated/α-hetero) is 1. The Balaban J connectivity index is 1.60. The van der Waals surface area contributed by atoms with Crippen LogP contribution in [0.1, 0.15) is 92.2 Å². The summed E-state index contributed by atoms with van der Waals surface area (Å²) in [7, 11) is 0. The van der Waals surface area contributed by atoms with Gasteiger partial charge in [0.25, 0.3) is 0 Å². The molecule has 2 N–H and O–H groups in total. The van der Waals surface area contributed by atoms with Crippen LogP contribution in [0.2, 0.25) is 0 Å². The van der Waals surface area contributed by atoms with E-state index in [0.29, 0.717) is 24.5 Å². The molecule has 2 aliphatic rings. The van der Waals surface area contributed by atoms with Crippen LogP contribution in [-0.2, 0) is 22.4 Å². The lowest BCUT2D eigenvalue weighted by atomic mass is 9.75. The van der Waals surface area contributed by atoms with Crippen LogP contribution in [0.5, 0.6) is 0 Å². The zero-order chi connectivity index (χ0) is 24.6. The van der Waals surface area contributed by atoms with E-state index in [9.17, 15) is 9.59 Å². The van der Waals surface area contributed by atoms with Gasteiger partial charge < -0.3 is 10.5 Å². The molecule has 34 heavy (non-hydrogen) atoms. The highest BCUT2D eigenvalue weighted by molar-refractivity contribution is 5.99. The maximum atomic E-state index is 12.8. The monoisotopic (exact) mass is 463 g/mol. The number of nitrogens with two attached hydrogens (primary N) is 1. The summed E-state index contributed by atoms with van der Waals surface area (Å²) in [6.07, 6.45) is 6.56. The molecule has 6 heteroatoms. The normalized spacial score (nSPS) is 21.7. The van der Waals surface area contributed by atoms with E-state index in [0.717, 1.165) is 72.3 Å². The number of nitrogens with zero attached hydrogens (tertiary/aromatic N) is 2. The highest BCUT2D eigenvalue weighted by Gasteiger charge is 2.36. The molecule has 0 amide bonds. The van der Waals surface area contributed by atoms with Crippen molar-refractivity contribution in [3.8, 4) is 5.69 Å².